The Morgan fingerprint density at radius 3 is 2.67 bits per heavy atom. The van der Waals surface area contributed by atoms with Crippen molar-refractivity contribution in [1.29, 1.82) is 0 Å². The van der Waals surface area contributed by atoms with E-state index < -0.39 is 0 Å². The average Bonchev–Trinajstić information content (AvgIpc) is 3.27. The molecule has 1 amide bonds. The highest BCUT2D eigenvalue weighted by Gasteiger charge is 2.24. The Morgan fingerprint density at radius 2 is 1.96 bits per heavy atom. The highest BCUT2D eigenvalue weighted by atomic mass is 32.1. The van der Waals surface area contributed by atoms with Gasteiger partial charge in [0.2, 0.25) is 0 Å². The third-order valence-electron chi connectivity index (χ3n) is 5.30. The van der Waals surface area contributed by atoms with Crippen LogP contribution >= 0.6 is 11.3 Å². The summed E-state index contributed by atoms with van der Waals surface area (Å²) in [5.41, 5.74) is 3.14. The van der Waals surface area contributed by atoms with Crippen molar-refractivity contribution in [1.82, 2.24) is 14.5 Å². The van der Waals surface area contributed by atoms with Crippen molar-refractivity contribution in [3.8, 4) is 0 Å². The predicted octanol–water partition coefficient (Wildman–Crippen LogP) is 3.55. The number of hydrogen-bond acceptors (Lipinski definition) is 4. The second kappa shape index (κ2) is 6.93. The highest BCUT2D eigenvalue weighted by Crippen LogP contribution is 2.29. The molecule has 3 heterocycles. The quantitative estimate of drug-likeness (QED) is 0.694. The van der Waals surface area contributed by atoms with Crippen LogP contribution in [0.4, 0.5) is 0 Å². The molecule has 6 heteroatoms. The van der Waals surface area contributed by atoms with E-state index in [-0.39, 0.29) is 11.5 Å². The number of carbonyl (C=O) groups excluding carboxylic acids is 1. The molecule has 2 aromatic heterocycles. The lowest BCUT2D eigenvalue weighted by Crippen LogP contribution is -2.26. The van der Waals surface area contributed by atoms with Crippen LogP contribution in [0, 0.1) is 6.92 Å². The molecule has 0 fully saturated rings. The maximum Gasteiger partial charge on any atom is 0.264 e. The Labute approximate surface area is 162 Å². The fourth-order valence-electron chi connectivity index (χ4n) is 3.68. The molecule has 3 aromatic rings. The minimum atomic E-state index is -0.0559. The van der Waals surface area contributed by atoms with Gasteiger partial charge in [0.15, 0.2) is 0 Å². The van der Waals surface area contributed by atoms with E-state index in [1.807, 2.05) is 6.92 Å². The van der Waals surface area contributed by atoms with Crippen molar-refractivity contribution in [3.05, 3.63) is 62.0 Å². The van der Waals surface area contributed by atoms with Crippen LogP contribution in [0.3, 0.4) is 0 Å². The molecule has 0 radical (unpaired) electrons. The summed E-state index contributed by atoms with van der Waals surface area (Å²) in [6.07, 6.45) is 2.80. The molecular formula is C21H23N3O2S. The lowest BCUT2D eigenvalue weighted by molar-refractivity contribution is 0.0789. The molecule has 0 saturated heterocycles. The number of rotatable bonds is 4. The Kier molecular flexibility index (Phi) is 4.60. The second-order valence-corrected chi connectivity index (χ2v) is 8.16. The van der Waals surface area contributed by atoms with Crippen molar-refractivity contribution in [2.75, 3.05) is 7.05 Å². The van der Waals surface area contributed by atoms with Crippen molar-refractivity contribution < 1.29 is 4.79 Å². The van der Waals surface area contributed by atoms with Gasteiger partial charge in [0.05, 0.1) is 10.3 Å². The average molecular weight is 382 g/mol. The first-order valence-electron chi connectivity index (χ1n) is 9.35. The number of benzene rings is 1. The standard InChI is InChI=1S/C21H23N3O2S/c1-4-14-7-9-15(10-8-14)12-23(3)21(26)18-13(2)17-19(27-18)22-16-6-5-11-24(16)20(17)25/h7-10H,4-6,11-12H2,1-3H3. The molecule has 140 valence electrons. The van der Waals surface area contributed by atoms with Gasteiger partial charge in [0.1, 0.15) is 10.7 Å². The third-order valence-corrected chi connectivity index (χ3v) is 6.48. The molecule has 0 spiro atoms. The van der Waals surface area contributed by atoms with E-state index in [1.54, 1.807) is 16.5 Å². The van der Waals surface area contributed by atoms with Gasteiger partial charge in [-0.1, -0.05) is 31.2 Å². The molecule has 1 aromatic carbocycles. The first-order valence-corrected chi connectivity index (χ1v) is 10.2. The van der Waals surface area contributed by atoms with Crippen LogP contribution in [0.5, 0.6) is 0 Å². The van der Waals surface area contributed by atoms with Crippen molar-refractivity contribution in [3.63, 3.8) is 0 Å². The summed E-state index contributed by atoms with van der Waals surface area (Å²) < 4.78 is 1.76. The molecule has 0 saturated carbocycles. The molecule has 0 atom stereocenters. The van der Waals surface area contributed by atoms with E-state index in [2.05, 4.69) is 36.2 Å². The number of aromatic nitrogens is 2. The van der Waals surface area contributed by atoms with Crippen LogP contribution in [0.1, 0.15) is 45.5 Å². The van der Waals surface area contributed by atoms with Crippen LogP contribution in [-0.2, 0) is 25.9 Å². The van der Waals surface area contributed by atoms with Gasteiger partial charge in [0, 0.05) is 26.6 Å². The molecule has 0 N–H and O–H groups in total. The summed E-state index contributed by atoms with van der Waals surface area (Å²) in [4.78, 5) is 33.5. The third kappa shape index (κ3) is 3.08. The normalized spacial score (nSPS) is 13.1. The highest BCUT2D eigenvalue weighted by molar-refractivity contribution is 7.20. The SMILES string of the molecule is CCc1ccc(CN(C)C(=O)c2sc3nc4n(c(=O)c3c2C)CCC4)cc1. The number of nitrogens with zero attached hydrogens (tertiary/aromatic N) is 3. The first-order chi connectivity index (χ1) is 13.0. The van der Waals surface area contributed by atoms with Gasteiger partial charge < -0.3 is 4.90 Å². The van der Waals surface area contributed by atoms with Crippen LogP contribution < -0.4 is 5.56 Å². The first kappa shape index (κ1) is 17.9. The molecule has 1 aliphatic heterocycles. The zero-order chi connectivity index (χ0) is 19.1. The number of carbonyl (C=O) groups is 1. The van der Waals surface area contributed by atoms with Gasteiger partial charge in [-0.05, 0) is 36.5 Å². The van der Waals surface area contributed by atoms with Crippen LogP contribution in [0.25, 0.3) is 10.2 Å². The Balaban J connectivity index is 1.65. The van der Waals surface area contributed by atoms with E-state index in [4.69, 9.17) is 0 Å². The predicted molar refractivity (Wildman–Crippen MR) is 109 cm³/mol. The number of fused-ring (bicyclic) bond motifs is 2. The van der Waals surface area contributed by atoms with Crippen molar-refractivity contribution in [2.24, 2.45) is 0 Å². The Morgan fingerprint density at radius 1 is 1.26 bits per heavy atom. The molecule has 27 heavy (non-hydrogen) atoms. The van der Waals surface area contributed by atoms with Gasteiger partial charge in [-0.25, -0.2) is 4.98 Å². The second-order valence-electron chi connectivity index (χ2n) is 7.16. The monoisotopic (exact) mass is 381 g/mol. The van der Waals surface area contributed by atoms with E-state index in [0.717, 1.165) is 42.8 Å². The molecule has 0 bridgehead atoms. The minimum absolute atomic E-state index is 0.00175. The van der Waals surface area contributed by atoms with E-state index >= 15 is 0 Å². The lowest BCUT2D eigenvalue weighted by Gasteiger charge is -2.17. The van der Waals surface area contributed by atoms with E-state index in [1.165, 1.54) is 16.9 Å². The molecule has 0 unspecified atom stereocenters. The number of thiophene rings is 1. The molecule has 1 aliphatic rings. The fraction of sp³-hybridized carbons (Fsp3) is 0.381. The zero-order valence-corrected chi connectivity index (χ0v) is 16.7. The lowest BCUT2D eigenvalue weighted by atomic mass is 10.1. The summed E-state index contributed by atoms with van der Waals surface area (Å²) in [7, 11) is 1.81. The Hall–Kier alpha value is -2.47. The summed E-state index contributed by atoms with van der Waals surface area (Å²) >= 11 is 1.34. The summed E-state index contributed by atoms with van der Waals surface area (Å²) in [5, 5.41) is 0.606. The van der Waals surface area contributed by atoms with E-state index in [9.17, 15) is 9.59 Å². The van der Waals surface area contributed by atoms with E-state index in [0.29, 0.717) is 21.6 Å². The van der Waals surface area contributed by atoms with Crippen molar-refractivity contribution in [2.45, 2.75) is 46.2 Å². The maximum atomic E-state index is 13.0. The number of hydrogen-bond donors (Lipinski definition) is 0. The van der Waals surface area contributed by atoms with Crippen molar-refractivity contribution >= 4 is 27.5 Å². The van der Waals surface area contributed by atoms with Gasteiger partial charge in [0.25, 0.3) is 11.5 Å². The van der Waals surface area contributed by atoms with Crippen LogP contribution in [-0.4, -0.2) is 27.4 Å². The minimum Gasteiger partial charge on any atom is -0.337 e. The summed E-state index contributed by atoms with van der Waals surface area (Å²) in [6.45, 7) is 5.26. The molecular weight excluding hydrogens is 358 g/mol. The van der Waals surface area contributed by atoms with Gasteiger partial charge in [-0.3, -0.25) is 14.2 Å². The molecule has 0 aliphatic carbocycles. The summed E-state index contributed by atoms with van der Waals surface area (Å²) in [6, 6.07) is 8.34. The van der Waals surface area contributed by atoms with Gasteiger partial charge in [-0.15, -0.1) is 11.3 Å². The largest absolute Gasteiger partial charge is 0.337 e. The number of amides is 1. The molecule has 4 rings (SSSR count). The topological polar surface area (TPSA) is 55.2 Å². The smallest absolute Gasteiger partial charge is 0.264 e. The van der Waals surface area contributed by atoms with Crippen LogP contribution in [0.15, 0.2) is 29.1 Å². The fourth-order valence-corrected chi connectivity index (χ4v) is 4.86. The zero-order valence-electron chi connectivity index (χ0n) is 15.9. The number of aryl methyl sites for hydroxylation is 3. The summed E-state index contributed by atoms with van der Waals surface area (Å²) in [5.74, 6) is 0.789. The van der Waals surface area contributed by atoms with Gasteiger partial charge >= 0.3 is 0 Å². The Bertz CT molecular complexity index is 1080. The molecule has 5 nitrogen and oxygen atoms in total. The van der Waals surface area contributed by atoms with Gasteiger partial charge in [-0.2, -0.15) is 0 Å². The van der Waals surface area contributed by atoms with Crippen LogP contribution in [0.2, 0.25) is 0 Å². The maximum absolute atomic E-state index is 13.0.